The maximum atomic E-state index is 12.4. The van der Waals surface area contributed by atoms with Gasteiger partial charge in [0, 0.05) is 37.9 Å². The first-order valence-electron chi connectivity index (χ1n) is 9.40. The zero-order valence-corrected chi connectivity index (χ0v) is 14.9. The zero-order chi connectivity index (χ0) is 17.8. The maximum absolute atomic E-state index is 12.4. The van der Waals surface area contributed by atoms with Crippen LogP contribution < -0.4 is 14.8 Å². The number of fused-ring (bicyclic) bond motifs is 2. The smallest absolute Gasteiger partial charge is 0.251 e. The molecule has 1 aromatic carbocycles. The first-order valence-corrected chi connectivity index (χ1v) is 9.40. The maximum Gasteiger partial charge on any atom is 0.251 e. The van der Waals surface area contributed by atoms with Gasteiger partial charge in [0.1, 0.15) is 11.6 Å². The van der Waals surface area contributed by atoms with Gasteiger partial charge in [-0.2, -0.15) is 0 Å². The molecule has 2 aromatic rings. The van der Waals surface area contributed by atoms with Gasteiger partial charge in [-0.25, -0.2) is 0 Å². The topological polar surface area (TPSA) is 78.3 Å². The molecule has 138 valence electrons. The van der Waals surface area contributed by atoms with Crippen molar-refractivity contribution in [2.45, 2.75) is 45.1 Å². The highest BCUT2D eigenvalue weighted by Crippen LogP contribution is 2.30. The number of ether oxygens (including phenoxy) is 2. The monoisotopic (exact) mass is 356 g/mol. The molecule has 1 amide bonds. The lowest BCUT2D eigenvalue weighted by molar-refractivity contribution is 0.0953. The predicted molar refractivity (Wildman–Crippen MR) is 95.7 cm³/mol. The number of carbonyl (C=O) groups excluding carboxylic acids is 1. The standard InChI is InChI=1S/C19H24N4O3/c24-19(14-6-7-15-16(13-14)26-12-4-11-25-15)20-9-8-18-22-21-17-5-2-1-3-10-23(17)18/h6-7,13H,1-5,8-12H2,(H,20,24). The van der Waals surface area contributed by atoms with E-state index in [-0.39, 0.29) is 5.91 Å². The van der Waals surface area contributed by atoms with Crippen molar-refractivity contribution in [2.75, 3.05) is 19.8 Å². The van der Waals surface area contributed by atoms with Crippen LogP contribution >= 0.6 is 0 Å². The summed E-state index contributed by atoms with van der Waals surface area (Å²) in [6, 6.07) is 5.32. The Kier molecular flexibility index (Phi) is 5.04. The van der Waals surface area contributed by atoms with E-state index in [1.165, 1.54) is 19.3 Å². The van der Waals surface area contributed by atoms with Gasteiger partial charge in [0.25, 0.3) is 5.91 Å². The Balaban J connectivity index is 1.36. The van der Waals surface area contributed by atoms with Crippen LogP contribution in [0.1, 0.15) is 47.7 Å². The lowest BCUT2D eigenvalue weighted by atomic mass is 10.2. The van der Waals surface area contributed by atoms with E-state index in [9.17, 15) is 4.79 Å². The first-order chi connectivity index (χ1) is 12.8. The number of hydrogen-bond donors (Lipinski definition) is 1. The van der Waals surface area contributed by atoms with Crippen LogP contribution in [-0.2, 0) is 19.4 Å². The van der Waals surface area contributed by atoms with Crippen molar-refractivity contribution >= 4 is 5.91 Å². The van der Waals surface area contributed by atoms with E-state index in [0.717, 1.165) is 31.0 Å². The Morgan fingerprint density at radius 1 is 1.08 bits per heavy atom. The van der Waals surface area contributed by atoms with Crippen molar-refractivity contribution in [1.29, 1.82) is 0 Å². The van der Waals surface area contributed by atoms with Crippen molar-refractivity contribution in [2.24, 2.45) is 0 Å². The molecule has 0 spiro atoms. The van der Waals surface area contributed by atoms with Crippen LogP contribution in [-0.4, -0.2) is 40.4 Å². The molecule has 3 heterocycles. The van der Waals surface area contributed by atoms with E-state index in [0.29, 0.717) is 43.2 Å². The minimum atomic E-state index is -0.115. The van der Waals surface area contributed by atoms with E-state index >= 15 is 0 Å². The fraction of sp³-hybridized carbons (Fsp3) is 0.526. The van der Waals surface area contributed by atoms with Gasteiger partial charge >= 0.3 is 0 Å². The van der Waals surface area contributed by atoms with Gasteiger partial charge in [0.15, 0.2) is 11.5 Å². The van der Waals surface area contributed by atoms with Gasteiger partial charge in [0.05, 0.1) is 13.2 Å². The van der Waals surface area contributed by atoms with Crippen molar-refractivity contribution in [3.63, 3.8) is 0 Å². The van der Waals surface area contributed by atoms with Crippen LogP contribution in [0.4, 0.5) is 0 Å². The molecule has 2 aliphatic heterocycles. The minimum Gasteiger partial charge on any atom is -0.490 e. The Hall–Kier alpha value is -2.57. The number of rotatable bonds is 4. The third-order valence-electron chi connectivity index (χ3n) is 4.83. The summed E-state index contributed by atoms with van der Waals surface area (Å²) in [5.41, 5.74) is 0.578. The van der Waals surface area contributed by atoms with Crippen molar-refractivity contribution in [3.8, 4) is 11.5 Å². The Morgan fingerprint density at radius 2 is 1.96 bits per heavy atom. The van der Waals surface area contributed by atoms with Crippen LogP contribution in [0, 0.1) is 0 Å². The lowest BCUT2D eigenvalue weighted by Crippen LogP contribution is -2.26. The molecule has 2 aliphatic rings. The average molecular weight is 356 g/mol. The highest BCUT2D eigenvalue weighted by Gasteiger charge is 2.16. The number of benzene rings is 1. The molecule has 0 saturated heterocycles. The average Bonchev–Trinajstić information content (AvgIpc) is 2.85. The molecule has 0 aliphatic carbocycles. The fourth-order valence-electron chi connectivity index (χ4n) is 3.42. The second-order valence-corrected chi connectivity index (χ2v) is 6.71. The number of aryl methyl sites for hydroxylation is 1. The molecule has 1 aromatic heterocycles. The van der Waals surface area contributed by atoms with Crippen LogP contribution in [0.5, 0.6) is 11.5 Å². The Morgan fingerprint density at radius 3 is 2.88 bits per heavy atom. The predicted octanol–water partition coefficient (Wildman–Crippen LogP) is 2.14. The van der Waals surface area contributed by atoms with Crippen LogP contribution in [0.2, 0.25) is 0 Å². The SMILES string of the molecule is O=C(NCCc1nnc2n1CCCCC2)c1ccc2c(c1)OCCCO2. The normalized spacial score (nSPS) is 16.3. The second-order valence-electron chi connectivity index (χ2n) is 6.71. The van der Waals surface area contributed by atoms with Gasteiger partial charge in [0.2, 0.25) is 0 Å². The molecule has 26 heavy (non-hydrogen) atoms. The number of nitrogens with zero attached hydrogens (tertiary/aromatic N) is 3. The number of nitrogens with one attached hydrogen (secondary N) is 1. The summed E-state index contributed by atoms with van der Waals surface area (Å²) < 4.78 is 13.5. The molecule has 1 N–H and O–H groups in total. The molecule has 0 unspecified atom stereocenters. The van der Waals surface area contributed by atoms with E-state index in [4.69, 9.17) is 9.47 Å². The summed E-state index contributed by atoms with van der Waals surface area (Å²) in [7, 11) is 0. The van der Waals surface area contributed by atoms with E-state index in [2.05, 4.69) is 20.1 Å². The molecule has 0 bridgehead atoms. The Labute approximate surface area is 152 Å². The van der Waals surface area contributed by atoms with E-state index < -0.39 is 0 Å². The zero-order valence-electron chi connectivity index (χ0n) is 14.9. The molecule has 0 fully saturated rings. The molecule has 7 nitrogen and oxygen atoms in total. The number of hydrogen-bond acceptors (Lipinski definition) is 5. The highest BCUT2D eigenvalue weighted by atomic mass is 16.5. The minimum absolute atomic E-state index is 0.115. The molecular weight excluding hydrogens is 332 g/mol. The number of carbonyl (C=O) groups is 1. The fourth-order valence-corrected chi connectivity index (χ4v) is 3.42. The van der Waals surface area contributed by atoms with Crippen molar-refractivity contribution < 1.29 is 14.3 Å². The molecule has 0 radical (unpaired) electrons. The first kappa shape index (κ1) is 16.9. The van der Waals surface area contributed by atoms with Gasteiger partial charge in [-0.05, 0) is 31.0 Å². The quantitative estimate of drug-likeness (QED) is 0.908. The lowest BCUT2D eigenvalue weighted by Gasteiger charge is -2.10. The molecular formula is C19H24N4O3. The van der Waals surface area contributed by atoms with Crippen molar-refractivity contribution in [1.82, 2.24) is 20.1 Å². The molecule has 4 rings (SSSR count). The summed E-state index contributed by atoms with van der Waals surface area (Å²) in [6.45, 7) is 2.76. The van der Waals surface area contributed by atoms with E-state index in [1.54, 1.807) is 18.2 Å². The highest BCUT2D eigenvalue weighted by molar-refractivity contribution is 5.94. The Bertz CT molecular complexity index is 787. The largest absolute Gasteiger partial charge is 0.490 e. The number of amides is 1. The van der Waals surface area contributed by atoms with Gasteiger partial charge in [-0.3, -0.25) is 4.79 Å². The molecule has 7 heteroatoms. The van der Waals surface area contributed by atoms with Crippen LogP contribution in [0.15, 0.2) is 18.2 Å². The van der Waals surface area contributed by atoms with Crippen LogP contribution in [0.25, 0.3) is 0 Å². The summed E-state index contributed by atoms with van der Waals surface area (Å²) in [6.07, 6.45) is 6.11. The molecule has 0 atom stereocenters. The second kappa shape index (κ2) is 7.76. The summed E-state index contributed by atoms with van der Waals surface area (Å²) in [5.74, 6) is 3.26. The third-order valence-corrected chi connectivity index (χ3v) is 4.83. The van der Waals surface area contributed by atoms with Crippen molar-refractivity contribution in [3.05, 3.63) is 35.4 Å². The summed E-state index contributed by atoms with van der Waals surface area (Å²) in [4.78, 5) is 12.4. The third kappa shape index (κ3) is 3.66. The number of aromatic nitrogens is 3. The summed E-state index contributed by atoms with van der Waals surface area (Å²) in [5, 5.41) is 11.6. The van der Waals surface area contributed by atoms with Gasteiger partial charge in [-0.15, -0.1) is 10.2 Å². The van der Waals surface area contributed by atoms with Gasteiger partial charge in [-0.1, -0.05) is 6.42 Å². The molecule has 0 saturated carbocycles. The summed E-state index contributed by atoms with van der Waals surface area (Å²) >= 11 is 0. The van der Waals surface area contributed by atoms with Gasteiger partial charge < -0.3 is 19.4 Å². The van der Waals surface area contributed by atoms with Crippen LogP contribution in [0.3, 0.4) is 0 Å². The van der Waals surface area contributed by atoms with E-state index in [1.807, 2.05) is 0 Å².